The number of fused-ring (bicyclic) bond motifs is 1. The summed E-state index contributed by atoms with van der Waals surface area (Å²) >= 11 is 0. The lowest BCUT2D eigenvalue weighted by Gasteiger charge is -2.12. The van der Waals surface area contributed by atoms with Crippen molar-refractivity contribution in [2.45, 2.75) is 30.2 Å². The van der Waals surface area contributed by atoms with Gasteiger partial charge in [0.1, 0.15) is 0 Å². The van der Waals surface area contributed by atoms with Gasteiger partial charge in [-0.3, -0.25) is 4.79 Å². The monoisotopic (exact) mass is 369 g/mol. The van der Waals surface area contributed by atoms with Crippen LogP contribution in [0.15, 0.2) is 23.1 Å². The predicted molar refractivity (Wildman–Crippen MR) is 91.3 cm³/mol. The van der Waals surface area contributed by atoms with Crippen molar-refractivity contribution < 1.29 is 22.7 Å². The van der Waals surface area contributed by atoms with Crippen molar-refractivity contribution in [3.05, 3.63) is 18.2 Å². The molecule has 9 heteroatoms. The van der Waals surface area contributed by atoms with Crippen LogP contribution < -0.4 is 24.8 Å². The van der Waals surface area contributed by atoms with Crippen LogP contribution in [-0.2, 0) is 14.8 Å². The molecule has 2 heterocycles. The molecule has 0 spiro atoms. The number of nitrogens with one attached hydrogen (secondary N) is 3. The Labute approximate surface area is 147 Å². The van der Waals surface area contributed by atoms with Crippen LogP contribution in [0.25, 0.3) is 0 Å². The van der Waals surface area contributed by atoms with E-state index in [0.717, 1.165) is 25.9 Å². The molecule has 0 bridgehead atoms. The molecule has 1 saturated heterocycles. The average Bonchev–Trinajstić information content (AvgIpc) is 2.96. The van der Waals surface area contributed by atoms with Gasteiger partial charge < -0.3 is 20.1 Å². The number of hydrogen-bond donors (Lipinski definition) is 3. The Hall–Kier alpha value is -1.84. The van der Waals surface area contributed by atoms with Gasteiger partial charge in [-0.05, 0) is 25.1 Å². The molecule has 1 amide bonds. The summed E-state index contributed by atoms with van der Waals surface area (Å²) in [7, 11) is -3.71. The number of ether oxygens (including phenoxy) is 2. The smallest absolute Gasteiger partial charge is 0.240 e. The van der Waals surface area contributed by atoms with Crippen molar-refractivity contribution in [3.8, 4) is 11.5 Å². The zero-order valence-corrected chi connectivity index (χ0v) is 14.7. The lowest BCUT2D eigenvalue weighted by molar-refractivity contribution is -0.121. The summed E-state index contributed by atoms with van der Waals surface area (Å²) in [4.78, 5) is 11.9. The summed E-state index contributed by atoms with van der Waals surface area (Å²) < 4.78 is 38.2. The van der Waals surface area contributed by atoms with Crippen LogP contribution in [0.5, 0.6) is 11.5 Å². The van der Waals surface area contributed by atoms with Gasteiger partial charge in [0.25, 0.3) is 0 Å². The number of carbonyl (C=O) groups excluding carboxylic acids is 1. The first kappa shape index (κ1) is 18.0. The fourth-order valence-electron chi connectivity index (χ4n) is 2.77. The molecule has 0 saturated carbocycles. The minimum absolute atomic E-state index is 0.0444. The molecule has 1 aromatic rings. The van der Waals surface area contributed by atoms with E-state index in [2.05, 4.69) is 15.4 Å². The first-order valence-corrected chi connectivity index (χ1v) is 9.92. The first-order valence-electron chi connectivity index (χ1n) is 8.44. The van der Waals surface area contributed by atoms with Gasteiger partial charge in [0.05, 0.1) is 18.1 Å². The molecule has 1 fully saturated rings. The third kappa shape index (κ3) is 4.83. The van der Waals surface area contributed by atoms with E-state index in [-0.39, 0.29) is 29.8 Å². The molecule has 2 aliphatic rings. The van der Waals surface area contributed by atoms with Crippen LogP contribution in [0.1, 0.15) is 19.3 Å². The van der Waals surface area contributed by atoms with Crippen molar-refractivity contribution in [2.24, 2.45) is 0 Å². The van der Waals surface area contributed by atoms with E-state index < -0.39 is 10.0 Å². The summed E-state index contributed by atoms with van der Waals surface area (Å²) in [6, 6.07) is 4.65. The van der Waals surface area contributed by atoms with Gasteiger partial charge in [-0.25, -0.2) is 13.1 Å². The Morgan fingerprint density at radius 3 is 2.80 bits per heavy atom. The summed E-state index contributed by atoms with van der Waals surface area (Å²) in [5.41, 5.74) is 0. The Balaban J connectivity index is 1.54. The number of sulfonamides is 1. The van der Waals surface area contributed by atoms with Crippen molar-refractivity contribution in [3.63, 3.8) is 0 Å². The van der Waals surface area contributed by atoms with E-state index in [1.165, 1.54) is 12.1 Å². The standard InChI is InChI=1S/C16H23N3O5S/c20-16(19-12-4-6-17-11-12)5-7-18-25(21,22)13-2-3-14-15(10-13)24-9-1-8-23-14/h2-3,10,12,17-18H,1,4-9,11H2,(H,19,20). The number of amides is 1. The molecule has 3 rings (SSSR count). The molecule has 1 atom stereocenters. The zero-order chi connectivity index (χ0) is 17.7. The maximum atomic E-state index is 12.4. The molecule has 1 unspecified atom stereocenters. The predicted octanol–water partition coefficient (Wildman–Crippen LogP) is -0.00560. The molecule has 1 aromatic carbocycles. The average molecular weight is 369 g/mol. The summed E-state index contributed by atoms with van der Waals surface area (Å²) in [6.45, 7) is 2.72. The van der Waals surface area contributed by atoms with E-state index in [9.17, 15) is 13.2 Å². The molecular weight excluding hydrogens is 346 g/mol. The Kier molecular flexibility index (Phi) is 5.77. The SMILES string of the molecule is O=C(CCNS(=O)(=O)c1ccc2c(c1)OCCCO2)NC1CCNC1. The largest absolute Gasteiger partial charge is 0.490 e. The third-order valence-corrected chi connectivity index (χ3v) is 5.56. The third-order valence-electron chi connectivity index (χ3n) is 4.10. The molecule has 25 heavy (non-hydrogen) atoms. The molecular formula is C16H23N3O5S. The van der Waals surface area contributed by atoms with E-state index in [4.69, 9.17) is 9.47 Å². The summed E-state index contributed by atoms with van der Waals surface area (Å²) in [5, 5.41) is 6.04. The van der Waals surface area contributed by atoms with Gasteiger partial charge in [0.2, 0.25) is 15.9 Å². The van der Waals surface area contributed by atoms with E-state index >= 15 is 0 Å². The van der Waals surface area contributed by atoms with Gasteiger partial charge in [0, 0.05) is 38.0 Å². The highest BCUT2D eigenvalue weighted by Gasteiger charge is 2.20. The van der Waals surface area contributed by atoms with Gasteiger partial charge in [-0.2, -0.15) is 0 Å². The number of rotatable bonds is 6. The fourth-order valence-corrected chi connectivity index (χ4v) is 3.82. The minimum Gasteiger partial charge on any atom is -0.490 e. The molecule has 0 aromatic heterocycles. The van der Waals surface area contributed by atoms with Crippen LogP contribution in [0, 0.1) is 0 Å². The van der Waals surface area contributed by atoms with Gasteiger partial charge in [-0.1, -0.05) is 0 Å². The maximum Gasteiger partial charge on any atom is 0.240 e. The van der Waals surface area contributed by atoms with Crippen molar-refractivity contribution in [1.29, 1.82) is 0 Å². The van der Waals surface area contributed by atoms with Crippen LogP contribution in [0.2, 0.25) is 0 Å². The fraction of sp³-hybridized carbons (Fsp3) is 0.562. The Bertz CT molecular complexity index is 716. The molecule has 0 aliphatic carbocycles. The van der Waals surface area contributed by atoms with Crippen LogP contribution in [0.4, 0.5) is 0 Å². The second-order valence-corrected chi connectivity index (χ2v) is 7.83. The minimum atomic E-state index is -3.71. The second kappa shape index (κ2) is 8.03. The molecule has 138 valence electrons. The van der Waals surface area contributed by atoms with Crippen molar-refractivity contribution in [2.75, 3.05) is 32.8 Å². The quantitative estimate of drug-likeness (QED) is 0.652. The van der Waals surface area contributed by atoms with E-state index in [0.29, 0.717) is 24.7 Å². The first-order chi connectivity index (χ1) is 12.0. The molecule has 0 radical (unpaired) electrons. The number of benzene rings is 1. The number of carbonyl (C=O) groups is 1. The summed E-state index contributed by atoms with van der Waals surface area (Å²) in [5.74, 6) is 0.808. The van der Waals surface area contributed by atoms with Gasteiger partial charge in [0.15, 0.2) is 11.5 Å². The van der Waals surface area contributed by atoms with Crippen LogP contribution in [0.3, 0.4) is 0 Å². The Morgan fingerprint density at radius 1 is 1.24 bits per heavy atom. The lowest BCUT2D eigenvalue weighted by atomic mass is 10.2. The molecule has 8 nitrogen and oxygen atoms in total. The lowest BCUT2D eigenvalue weighted by Crippen LogP contribution is -2.38. The highest BCUT2D eigenvalue weighted by Crippen LogP contribution is 2.31. The van der Waals surface area contributed by atoms with Gasteiger partial charge >= 0.3 is 0 Å². The zero-order valence-electron chi connectivity index (χ0n) is 13.9. The van der Waals surface area contributed by atoms with E-state index in [1.54, 1.807) is 6.07 Å². The Morgan fingerprint density at radius 2 is 2.04 bits per heavy atom. The molecule has 3 N–H and O–H groups in total. The van der Waals surface area contributed by atoms with E-state index in [1.807, 2.05) is 0 Å². The summed E-state index contributed by atoms with van der Waals surface area (Å²) in [6.07, 6.45) is 1.75. The highest BCUT2D eigenvalue weighted by molar-refractivity contribution is 7.89. The van der Waals surface area contributed by atoms with Crippen LogP contribution in [-0.4, -0.2) is 53.2 Å². The number of hydrogen-bond acceptors (Lipinski definition) is 6. The van der Waals surface area contributed by atoms with Gasteiger partial charge in [-0.15, -0.1) is 0 Å². The topological polar surface area (TPSA) is 106 Å². The van der Waals surface area contributed by atoms with Crippen molar-refractivity contribution in [1.82, 2.24) is 15.4 Å². The van der Waals surface area contributed by atoms with Crippen LogP contribution >= 0.6 is 0 Å². The van der Waals surface area contributed by atoms with Crippen molar-refractivity contribution >= 4 is 15.9 Å². The molecule has 2 aliphatic heterocycles. The maximum absolute atomic E-state index is 12.4. The second-order valence-electron chi connectivity index (χ2n) is 6.06. The normalized spacial score (nSPS) is 20.1. The highest BCUT2D eigenvalue weighted by atomic mass is 32.2.